The fourth-order valence-electron chi connectivity index (χ4n) is 2.63. The topological polar surface area (TPSA) is 52.0 Å². The summed E-state index contributed by atoms with van der Waals surface area (Å²) in [5, 5.41) is 4.16. The van der Waals surface area contributed by atoms with Gasteiger partial charge in [0.15, 0.2) is 9.84 Å². The van der Waals surface area contributed by atoms with E-state index in [1.165, 1.54) is 5.56 Å². The van der Waals surface area contributed by atoms with Crippen LogP contribution in [0.25, 0.3) is 5.69 Å². The Labute approximate surface area is 142 Å². The number of hydrogen-bond acceptors (Lipinski definition) is 3. The lowest BCUT2D eigenvalue weighted by molar-refractivity contribution is 0.592. The second-order valence-corrected chi connectivity index (χ2v) is 7.98. The van der Waals surface area contributed by atoms with Crippen LogP contribution in [0.4, 0.5) is 0 Å². The lowest BCUT2D eigenvalue weighted by Gasteiger charge is -2.06. The first kappa shape index (κ1) is 16.5. The lowest BCUT2D eigenvalue weighted by Crippen LogP contribution is -2.10. The maximum Gasteiger partial charge on any atom is 0.154 e. The molecule has 4 nitrogen and oxygen atoms in total. The highest BCUT2D eigenvalue weighted by Crippen LogP contribution is 2.13. The number of aromatic nitrogens is 2. The van der Waals surface area contributed by atoms with Crippen molar-refractivity contribution in [3.05, 3.63) is 84.2 Å². The predicted molar refractivity (Wildman–Crippen MR) is 95.8 cm³/mol. The molecule has 0 saturated heterocycles. The number of benzene rings is 2. The smallest absolute Gasteiger partial charge is 0.154 e. The highest BCUT2D eigenvalue weighted by Gasteiger charge is 2.12. The summed E-state index contributed by atoms with van der Waals surface area (Å²) in [5.41, 5.74) is 2.91. The molecule has 0 unspecified atom stereocenters. The number of aryl methyl sites for hydroxylation is 1. The molecule has 0 N–H and O–H groups in total. The molecule has 3 aromatic rings. The maximum atomic E-state index is 12.3. The molecule has 0 aliphatic heterocycles. The highest BCUT2D eigenvalue weighted by molar-refractivity contribution is 7.90. The van der Waals surface area contributed by atoms with E-state index in [1.54, 1.807) is 10.9 Å². The van der Waals surface area contributed by atoms with Crippen LogP contribution in [0, 0.1) is 0 Å². The van der Waals surface area contributed by atoms with Crippen LogP contribution in [0.1, 0.15) is 17.5 Å². The summed E-state index contributed by atoms with van der Waals surface area (Å²) in [7, 11) is -3.09. The van der Waals surface area contributed by atoms with Crippen molar-refractivity contribution < 1.29 is 8.42 Å². The van der Waals surface area contributed by atoms with Crippen LogP contribution in [0.5, 0.6) is 0 Å². The number of sulfone groups is 1. The summed E-state index contributed by atoms with van der Waals surface area (Å²) < 4.78 is 26.3. The van der Waals surface area contributed by atoms with E-state index in [0.29, 0.717) is 6.42 Å². The summed E-state index contributed by atoms with van der Waals surface area (Å²) in [6, 6.07) is 19.3. The van der Waals surface area contributed by atoms with Crippen molar-refractivity contribution in [2.24, 2.45) is 0 Å². The van der Waals surface area contributed by atoms with E-state index in [4.69, 9.17) is 0 Å². The predicted octanol–water partition coefficient (Wildman–Crippen LogP) is 3.42. The molecule has 0 spiro atoms. The molecule has 0 atom stereocenters. The molecule has 1 aromatic heterocycles. The Bertz CT molecular complexity index is 855. The van der Waals surface area contributed by atoms with Crippen molar-refractivity contribution in [1.29, 1.82) is 0 Å². The third-order valence-electron chi connectivity index (χ3n) is 3.86. The lowest BCUT2D eigenvalue weighted by atomic mass is 10.1. The van der Waals surface area contributed by atoms with E-state index in [2.05, 4.69) is 5.10 Å². The Hall–Kier alpha value is -2.40. The van der Waals surface area contributed by atoms with Crippen LogP contribution in [0.3, 0.4) is 0 Å². The van der Waals surface area contributed by atoms with Gasteiger partial charge in [0.1, 0.15) is 0 Å². The SMILES string of the molecule is O=S(=O)(CCCc1ccccc1)Cc1ccc(-n2cccn2)cc1. The minimum atomic E-state index is -3.09. The van der Waals surface area contributed by atoms with Gasteiger partial charge in [-0.1, -0.05) is 42.5 Å². The molecule has 0 bridgehead atoms. The second-order valence-electron chi connectivity index (χ2n) is 5.80. The van der Waals surface area contributed by atoms with E-state index < -0.39 is 9.84 Å². The van der Waals surface area contributed by atoms with Gasteiger partial charge in [-0.25, -0.2) is 13.1 Å². The van der Waals surface area contributed by atoms with Crippen LogP contribution in [0.15, 0.2) is 73.1 Å². The third kappa shape index (κ3) is 4.55. The molecule has 0 amide bonds. The van der Waals surface area contributed by atoms with E-state index in [-0.39, 0.29) is 11.5 Å². The monoisotopic (exact) mass is 340 g/mol. The summed E-state index contributed by atoms with van der Waals surface area (Å²) >= 11 is 0. The first-order valence-corrected chi connectivity index (χ1v) is 9.78. The van der Waals surface area contributed by atoms with Gasteiger partial charge in [-0.05, 0) is 42.2 Å². The minimum absolute atomic E-state index is 0.0845. The van der Waals surface area contributed by atoms with Crippen molar-refractivity contribution in [1.82, 2.24) is 9.78 Å². The molecular formula is C19H20N2O2S. The van der Waals surface area contributed by atoms with Gasteiger partial charge in [-0.3, -0.25) is 0 Å². The van der Waals surface area contributed by atoms with Crippen LogP contribution in [-0.4, -0.2) is 24.0 Å². The molecule has 0 aliphatic carbocycles. The second kappa shape index (κ2) is 7.45. The standard InChI is InChI=1S/C19H20N2O2S/c22-24(23,15-4-8-17-6-2-1-3-7-17)16-18-9-11-19(12-10-18)21-14-5-13-20-21/h1-3,5-7,9-14H,4,8,15-16H2. The number of nitrogens with zero attached hydrogens (tertiary/aromatic N) is 2. The molecule has 0 saturated carbocycles. The van der Waals surface area contributed by atoms with Crippen LogP contribution >= 0.6 is 0 Å². The summed E-state index contributed by atoms with van der Waals surface area (Å²) in [5.74, 6) is 0.296. The highest BCUT2D eigenvalue weighted by atomic mass is 32.2. The summed E-state index contributed by atoms with van der Waals surface area (Å²) in [6.07, 6.45) is 5.01. The van der Waals surface area contributed by atoms with Gasteiger partial charge in [0.2, 0.25) is 0 Å². The average Bonchev–Trinajstić information content (AvgIpc) is 3.10. The summed E-state index contributed by atoms with van der Waals surface area (Å²) in [6.45, 7) is 0. The Morgan fingerprint density at radius 2 is 1.62 bits per heavy atom. The Kier molecular flexibility index (Phi) is 5.11. The molecule has 3 rings (SSSR count). The van der Waals surface area contributed by atoms with Crippen molar-refractivity contribution in [2.45, 2.75) is 18.6 Å². The van der Waals surface area contributed by atoms with Crippen molar-refractivity contribution in [2.75, 3.05) is 5.75 Å². The molecule has 2 aromatic carbocycles. The van der Waals surface area contributed by atoms with Gasteiger partial charge >= 0.3 is 0 Å². The van der Waals surface area contributed by atoms with E-state index >= 15 is 0 Å². The first-order valence-electron chi connectivity index (χ1n) is 7.96. The van der Waals surface area contributed by atoms with Crippen LogP contribution in [-0.2, 0) is 22.0 Å². The molecule has 0 fully saturated rings. The van der Waals surface area contributed by atoms with E-state index in [0.717, 1.165) is 17.7 Å². The fourth-order valence-corrected chi connectivity index (χ4v) is 4.06. The van der Waals surface area contributed by atoms with Gasteiger partial charge < -0.3 is 0 Å². The molecule has 0 aliphatic rings. The van der Waals surface area contributed by atoms with Crippen molar-refractivity contribution >= 4 is 9.84 Å². The normalized spacial score (nSPS) is 11.5. The van der Waals surface area contributed by atoms with Crippen molar-refractivity contribution in [3.8, 4) is 5.69 Å². The maximum absolute atomic E-state index is 12.3. The van der Waals surface area contributed by atoms with Gasteiger partial charge in [-0.15, -0.1) is 0 Å². The summed E-state index contributed by atoms with van der Waals surface area (Å²) in [4.78, 5) is 0. The van der Waals surface area contributed by atoms with Gasteiger partial charge in [0.05, 0.1) is 17.2 Å². The zero-order chi connectivity index (χ0) is 16.8. The van der Waals surface area contributed by atoms with Gasteiger partial charge in [0, 0.05) is 12.4 Å². The van der Waals surface area contributed by atoms with Gasteiger partial charge in [-0.2, -0.15) is 5.10 Å². The molecular weight excluding hydrogens is 320 g/mol. The molecule has 0 radical (unpaired) electrons. The number of rotatable bonds is 7. The Morgan fingerprint density at radius 3 is 2.29 bits per heavy atom. The van der Waals surface area contributed by atoms with E-state index in [9.17, 15) is 8.42 Å². The zero-order valence-corrected chi connectivity index (χ0v) is 14.2. The van der Waals surface area contributed by atoms with Crippen LogP contribution in [0.2, 0.25) is 0 Å². The quantitative estimate of drug-likeness (QED) is 0.662. The third-order valence-corrected chi connectivity index (χ3v) is 5.54. The number of hydrogen-bond donors (Lipinski definition) is 0. The van der Waals surface area contributed by atoms with E-state index in [1.807, 2.05) is 66.9 Å². The average molecular weight is 340 g/mol. The fraction of sp³-hybridized carbons (Fsp3) is 0.211. The van der Waals surface area contributed by atoms with Gasteiger partial charge in [0.25, 0.3) is 0 Å². The molecule has 24 heavy (non-hydrogen) atoms. The Balaban J connectivity index is 1.56. The zero-order valence-electron chi connectivity index (χ0n) is 13.4. The Morgan fingerprint density at radius 1 is 0.875 bits per heavy atom. The minimum Gasteiger partial charge on any atom is -0.241 e. The molecule has 1 heterocycles. The van der Waals surface area contributed by atoms with Crippen LogP contribution < -0.4 is 0 Å². The largest absolute Gasteiger partial charge is 0.241 e. The molecule has 5 heteroatoms. The van der Waals surface area contributed by atoms with Crippen molar-refractivity contribution in [3.63, 3.8) is 0 Å². The first-order chi connectivity index (χ1) is 11.6. The molecule has 124 valence electrons.